The Kier molecular flexibility index (Phi) is 7.82. The Hall–Kier alpha value is -1.75. The first-order valence-corrected chi connectivity index (χ1v) is 10.9. The molecule has 1 aliphatic heterocycles. The summed E-state index contributed by atoms with van der Waals surface area (Å²) in [5.41, 5.74) is 2.15. The fourth-order valence-electron chi connectivity index (χ4n) is 3.49. The third-order valence-electron chi connectivity index (χ3n) is 5.32. The first-order valence-electron chi connectivity index (χ1n) is 10.2. The molecule has 0 atom stereocenters. The standard InChI is InChI=1S/C23H28Cl2N2O2/c1-3-21(4-2)26-23(28)18-13-27(14-18)12-16-5-7-22(8-6-16)29-15-17-9-19(24)11-20(25)10-17/h5-11,18,21H,3-4,12-15H2,1-2H3,(H,26,28). The largest absolute Gasteiger partial charge is 0.489 e. The van der Waals surface area contributed by atoms with Gasteiger partial charge in [0, 0.05) is 35.7 Å². The highest BCUT2D eigenvalue weighted by Gasteiger charge is 2.32. The number of hydrogen-bond donors (Lipinski definition) is 1. The monoisotopic (exact) mass is 434 g/mol. The van der Waals surface area contributed by atoms with Crippen molar-refractivity contribution >= 4 is 29.1 Å². The lowest BCUT2D eigenvalue weighted by molar-refractivity contribution is -0.131. The number of amides is 1. The van der Waals surface area contributed by atoms with Gasteiger partial charge in [0.2, 0.25) is 5.91 Å². The van der Waals surface area contributed by atoms with E-state index in [2.05, 4.69) is 36.2 Å². The van der Waals surface area contributed by atoms with Gasteiger partial charge in [0.15, 0.2) is 0 Å². The van der Waals surface area contributed by atoms with E-state index in [0.29, 0.717) is 22.7 Å². The van der Waals surface area contributed by atoms with Crippen LogP contribution < -0.4 is 10.1 Å². The maximum atomic E-state index is 12.3. The highest BCUT2D eigenvalue weighted by atomic mass is 35.5. The lowest BCUT2D eigenvalue weighted by Gasteiger charge is -2.38. The van der Waals surface area contributed by atoms with E-state index in [4.69, 9.17) is 27.9 Å². The van der Waals surface area contributed by atoms with Gasteiger partial charge in [-0.05, 0) is 54.3 Å². The third-order valence-corrected chi connectivity index (χ3v) is 5.75. The zero-order valence-corrected chi connectivity index (χ0v) is 18.5. The van der Waals surface area contributed by atoms with E-state index in [1.54, 1.807) is 6.07 Å². The highest BCUT2D eigenvalue weighted by molar-refractivity contribution is 6.34. The number of carbonyl (C=O) groups is 1. The fraction of sp³-hybridized carbons (Fsp3) is 0.435. The van der Waals surface area contributed by atoms with Gasteiger partial charge < -0.3 is 10.1 Å². The van der Waals surface area contributed by atoms with Gasteiger partial charge in [-0.15, -0.1) is 0 Å². The second kappa shape index (κ2) is 10.3. The molecular weight excluding hydrogens is 407 g/mol. The number of carbonyl (C=O) groups excluding carboxylic acids is 1. The molecule has 0 bridgehead atoms. The van der Waals surface area contributed by atoms with Crippen molar-refractivity contribution in [1.82, 2.24) is 10.2 Å². The Labute approximate surface area is 183 Å². The lowest BCUT2D eigenvalue weighted by atomic mass is 9.97. The molecule has 1 fully saturated rings. The Morgan fingerprint density at radius 1 is 1.07 bits per heavy atom. The van der Waals surface area contributed by atoms with E-state index in [1.807, 2.05) is 24.3 Å². The summed E-state index contributed by atoms with van der Waals surface area (Å²) >= 11 is 12.0. The van der Waals surface area contributed by atoms with Crippen LogP contribution in [0.25, 0.3) is 0 Å². The van der Waals surface area contributed by atoms with Crippen molar-refractivity contribution in [2.75, 3.05) is 13.1 Å². The molecule has 6 heteroatoms. The van der Waals surface area contributed by atoms with Crippen LogP contribution in [0.2, 0.25) is 10.0 Å². The first-order chi connectivity index (χ1) is 14.0. The Balaban J connectivity index is 1.43. The van der Waals surface area contributed by atoms with E-state index in [-0.39, 0.29) is 11.8 Å². The molecule has 1 amide bonds. The van der Waals surface area contributed by atoms with Crippen LogP contribution in [0.1, 0.15) is 37.8 Å². The van der Waals surface area contributed by atoms with Gasteiger partial charge >= 0.3 is 0 Å². The summed E-state index contributed by atoms with van der Waals surface area (Å²) in [5, 5.41) is 4.35. The number of likely N-dealkylation sites (tertiary alicyclic amines) is 1. The number of hydrogen-bond acceptors (Lipinski definition) is 3. The van der Waals surface area contributed by atoms with Crippen molar-refractivity contribution in [3.8, 4) is 5.75 Å². The van der Waals surface area contributed by atoms with Crippen LogP contribution in [-0.2, 0) is 17.9 Å². The van der Waals surface area contributed by atoms with Crippen LogP contribution in [0.15, 0.2) is 42.5 Å². The quantitative estimate of drug-likeness (QED) is 0.581. The van der Waals surface area contributed by atoms with Gasteiger partial charge in [-0.2, -0.15) is 0 Å². The molecule has 1 saturated heterocycles. The van der Waals surface area contributed by atoms with Crippen molar-refractivity contribution in [1.29, 1.82) is 0 Å². The Bertz CT molecular complexity index is 796. The van der Waals surface area contributed by atoms with E-state index in [0.717, 1.165) is 43.8 Å². The third kappa shape index (κ3) is 6.36. The Morgan fingerprint density at radius 3 is 2.28 bits per heavy atom. The molecule has 156 valence electrons. The van der Waals surface area contributed by atoms with E-state index < -0.39 is 0 Å². The van der Waals surface area contributed by atoms with Crippen LogP contribution in [0.4, 0.5) is 0 Å². The van der Waals surface area contributed by atoms with Crippen molar-refractivity contribution in [2.45, 2.75) is 45.9 Å². The second-order valence-corrected chi connectivity index (χ2v) is 8.50. The number of halogens is 2. The lowest BCUT2D eigenvalue weighted by Crippen LogP contribution is -2.54. The number of rotatable bonds is 9. The summed E-state index contributed by atoms with van der Waals surface area (Å²) in [4.78, 5) is 14.5. The molecule has 0 unspecified atom stereocenters. The fourth-order valence-corrected chi connectivity index (χ4v) is 4.06. The van der Waals surface area contributed by atoms with Gasteiger partial charge in [-0.1, -0.05) is 49.2 Å². The van der Waals surface area contributed by atoms with Gasteiger partial charge in [0.1, 0.15) is 12.4 Å². The number of ether oxygens (including phenoxy) is 1. The van der Waals surface area contributed by atoms with Crippen molar-refractivity contribution in [3.05, 3.63) is 63.6 Å². The van der Waals surface area contributed by atoms with Crippen LogP contribution in [-0.4, -0.2) is 29.9 Å². The molecule has 0 saturated carbocycles. The molecule has 2 aromatic carbocycles. The zero-order chi connectivity index (χ0) is 20.8. The van der Waals surface area contributed by atoms with Gasteiger partial charge in [-0.3, -0.25) is 9.69 Å². The van der Waals surface area contributed by atoms with Crippen molar-refractivity contribution in [2.24, 2.45) is 5.92 Å². The maximum absolute atomic E-state index is 12.3. The maximum Gasteiger partial charge on any atom is 0.225 e. The van der Waals surface area contributed by atoms with Gasteiger partial charge in [0.25, 0.3) is 0 Å². The smallest absolute Gasteiger partial charge is 0.225 e. The van der Waals surface area contributed by atoms with E-state index in [9.17, 15) is 4.79 Å². The summed E-state index contributed by atoms with van der Waals surface area (Å²) in [6.45, 7) is 7.12. The minimum atomic E-state index is 0.114. The van der Waals surface area contributed by atoms with Crippen LogP contribution in [0.5, 0.6) is 5.75 Å². The summed E-state index contributed by atoms with van der Waals surface area (Å²) in [7, 11) is 0. The van der Waals surface area contributed by atoms with Crippen LogP contribution >= 0.6 is 23.2 Å². The molecule has 1 N–H and O–H groups in total. The normalized spacial score (nSPS) is 14.7. The minimum Gasteiger partial charge on any atom is -0.489 e. The molecule has 0 spiro atoms. The van der Waals surface area contributed by atoms with E-state index in [1.165, 1.54) is 5.56 Å². The SMILES string of the molecule is CCC(CC)NC(=O)C1CN(Cc2ccc(OCc3cc(Cl)cc(Cl)c3)cc2)C1. The second-order valence-electron chi connectivity index (χ2n) is 7.62. The molecule has 0 aromatic heterocycles. The minimum absolute atomic E-state index is 0.114. The molecule has 4 nitrogen and oxygen atoms in total. The molecule has 3 rings (SSSR count). The first kappa shape index (κ1) is 21.9. The summed E-state index contributed by atoms with van der Waals surface area (Å²) in [5.74, 6) is 1.11. The topological polar surface area (TPSA) is 41.6 Å². The molecule has 0 aliphatic carbocycles. The molecule has 1 aliphatic rings. The van der Waals surface area contributed by atoms with Gasteiger partial charge in [-0.25, -0.2) is 0 Å². The molecule has 1 heterocycles. The van der Waals surface area contributed by atoms with Crippen LogP contribution in [0.3, 0.4) is 0 Å². The predicted molar refractivity (Wildman–Crippen MR) is 119 cm³/mol. The number of nitrogens with zero attached hydrogens (tertiary/aromatic N) is 1. The van der Waals surface area contributed by atoms with Crippen LogP contribution in [0, 0.1) is 5.92 Å². The predicted octanol–water partition coefficient (Wildman–Crippen LogP) is 5.31. The number of benzene rings is 2. The average Bonchev–Trinajstić information content (AvgIpc) is 2.67. The van der Waals surface area contributed by atoms with E-state index >= 15 is 0 Å². The number of nitrogens with one attached hydrogen (secondary N) is 1. The van der Waals surface area contributed by atoms with Crippen molar-refractivity contribution < 1.29 is 9.53 Å². The molecular formula is C23H28Cl2N2O2. The summed E-state index contributed by atoms with van der Waals surface area (Å²) in [6, 6.07) is 13.8. The molecule has 0 radical (unpaired) electrons. The van der Waals surface area contributed by atoms with Crippen molar-refractivity contribution in [3.63, 3.8) is 0 Å². The van der Waals surface area contributed by atoms with Gasteiger partial charge in [0.05, 0.1) is 5.92 Å². The summed E-state index contributed by atoms with van der Waals surface area (Å²) < 4.78 is 5.83. The Morgan fingerprint density at radius 2 is 1.69 bits per heavy atom. The highest BCUT2D eigenvalue weighted by Crippen LogP contribution is 2.23. The summed E-state index contributed by atoms with van der Waals surface area (Å²) in [6.07, 6.45) is 1.97. The average molecular weight is 435 g/mol. The zero-order valence-electron chi connectivity index (χ0n) is 17.0. The molecule has 29 heavy (non-hydrogen) atoms. The molecule has 2 aromatic rings.